The molecule has 1 aliphatic rings. The number of pyridine rings is 1. The Morgan fingerprint density at radius 3 is 2.36 bits per heavy atom. The van der Waals surface area contributed by atoms with Gasteiger partial charge in [-0.15, -0.1) is 0 Å². The number of Topliss-reactive ketones (excluding diaryl/α,β-unsaturated/α-hetero) is 1. The Labute approximate surface area is 201 Å². The number of phenolic OH excluding ortho intramolecular Hbond substituents is 1. The molecule has 1 fully saturated rings. The molecule has 1 aromatic heterocycles. The van der Waals surface area contributed by atoms with Gasteiger partial charge in [0.25, 0.3) is 0 Å². The van der Waals surface area contributed by atoms with Crippen LogP contribution in [-0.2, 0) is 6.54 Å². The Balaban J connectivity index is 1.67. The lowest BCUT2D eigenvalue weighted by Gasteiger charge is -2.16. The largest absolute Gasteiger partial charge is 0.505 e. The standard InChI is InChI=1S/C26H21Cl2N3O2/c27-21-10-17(11-22(28)26(21)33)16-5-8-23-19(9-16)24(20(13-30-23)25(32)15-3-4-15)31-18-6-1-14(12-29)2-7-18/h1-2,5-11,13,15,33H,3-4,12,29H2,(H,30,31). The van der Waals surface area contributed by atoms with E-state index in [4.69, 9.17) is 28.9 Å². The lowest BCUT2D eigenvalue weighted by atomic mass is 9.98. The Hall–Kier alpha value is -3.12. The molecule has 0 atom stereocenters. The van der Waals surface area contributed by atoms with Crippen LogP contribution in [0.1, 0.15) is 28.8 Å². The smallest absolute Gasteiger partial charge is 0.169 e. The molecule has 166 valence electrons. The summed E-state index contributed by atoms with van der Waals surface area (Å²) >= 11 is 12.3. The van der Waals surface area contributed by atoms with Crippen molar-refractivity contribution in [1.82, 2.24) is 4.98 Å². The second-order valence-electron chi connectivity index (χ2n) is 8.23. The van der Waals surface area contributed by atoms with E-state index in [9.17, 15) is 9.90 Å². The SMILES string of the molecule is NCc1ccc(Nc2c(C(=O)C3CC3)cnc3ccc(-c4cc(Cl)c(O)c(Cl)c4)cc23)cc1. The minimum atomic E-state index is -0.148. The molecule has 4 N–H and O–H groups in total. The van der Waals surface area contributed by atoms with Gasteiger partial charge >= 0.3 is 0 Å². The summed E-state index contributed by atoms with van der Waals surface area (Å²) in [6, 6.07) is 16.9. The van der Waals surface area contributed by atoms with Gasteiger partial charge in [0, 0.05) is 29.7 Å². The molecule has 5 rings (SSSR count). The molecule has 1 aliphatic carbocycles. The number of carbonyl (C=O) groups is 1. The lowest BCUT2D eigenvalue weighted by Crippen LogP contribution is -2.07. The van der Waals surface area contributed by atoms with E-state index in [2.05, 4.69) is 10.3 Å². The van der Waals surface area contributed by atoms with Gasteiger partial charge < -0.3 is 16.2 Å². The van der Waals surface area contributed by atoms with E-state index >= 15 is 0 Å². The third-order valence-electron chi connectivity index (χ3n) is 5.89. The Kier molecular flexibility index (Phi) is 5.71. The van der Waals surface area contributed by atoms with Crippen LogP contribution in [0.2, 0.25) is 10.0 Å². The van der Waals surface area contributed by atoms with E-state index in [-0.39, 0.29) is 27.5 Å². The number of nitrogens with two attached hydrogens (primary N) is 1. The number of halogens is 2. The van der Waals surface area contributed by atoms with E-state index in [0.29, 0.717) is 12.1 Å². The number of aromatic nitrogens is 1. The van der Waals surface area contributed by atoms with Gasteiger partial charge in [-0.1, -0.05) is 41.4 Å². The number of hydrogen-bond acceptors (Lipinski definition) is 5. The summed E-state index contributed by atoms with van der Waals surface area (Å²) in [7, 11) is 0. The predicted molar refractivity (Wildman–Crippen MR) is 134 cm³/mol. The fraction of sp³-hybridized carbons (Fsp3) is 0.154. The van der Waals surface area contributed by atoms with Gasteiger partial charge in [0.05, 0.1) is 26.8 Å². The van der Waals surface area contributed by atoms with E-state index in [1.807, 2.05) is 42.5 Å². The molecule has 0 spiro atoms. The van der Waals surface area contributed by atoms with E-state index in [1.165, 1.54) is 0 Å². The van der Waals surface area contributed by atoms with E-state index < -0.39 is 0 Å². The van der Waals surface area contributed by atoms with Crippen LogP contribution in [0.4, 0.5) is 11.4 Å². The van der Waals surface area contributed by atoms with Crippen molar-refractivity contribution in [3.63, 3.8) is 0 Å². The molecule has 5 nitrogen and oxygen atoms in total. The van der Waals surface area contributed by atoms with Gasteiger partial charge in [-0.2, -0.15) is 0 Å². The van der Waals surface area contributed by atoms with Crippen LogP contribution in [0.3, 0.4) is 0 Å². The maximum absolute atomic E-state index is 13.1. The molecular formula is C26H21Cl2N3O2. The minimum Gasteiger partial charge on any atom is -0.505 e. The molecule has 0 unspecified atom stereocenters. The summed E-state index contributed by atoms with van der Waals surface area (Å²) in [5.74, 6) is 0.0130. The molecule has 3 aromatic carbocycles. The van der Waals surface area contributed by atoms with Crippen LogP contribution < -0.4 is 11.1 Å². The van der Waals surface area contributed by atoms with Crippen molar-refractivity contribution >= 4 is 51.3 Å². The number of aromatic hydroxyl groups is 1. The molecule has 4 aromatic rings. The van der Waals surface area contributed by atoms with Crippen molar-refractivity contribution in [1.29, 1.82) is 0 Å². The number of hydrogen-bond donors (Lipinski definition) is 3. The highest BCUT2D eigenvalue weighted by atomic mass is 35.5. The number of rotatable bonds is 6. The number of benzene rings is 3. The highest BCUT2D eigenvalue weighted by molar-refractivity contribution is 6.37. The first-order valence-electron chi connectivity index (χ1n) is 10.7. The van der Waals surface area contributed by atoms with Crippen molar-refractivity contribution in [2.75, 3.05) is 5.32 Å². The van der Waals surface area contributed by atoms with Gasteiger partial charge in [0.1, 0.15) is 0 Å². The van der Waals surface area contributed by atoms with Crippen molar-refractivity contribution < 1.29 is 9.90 Å². The summed E-state index contributed by atoms with van der Waals surface area (Å²) in [6.07, 6.45) is 3.48. The quantitative estimate of drug-likeness (QED) is 0.268. The molecule has 7 heteroatoms. The molecular weight excluding hydrogens is 457 g/mol. The molecule has 0 aliphatic heterocycles. The number of phenols is 1. The summed E-state index contributed by atoms with van der Waals surface area (Å²) < 4.78 is 0. The Morgan fingerprint density at radius 1 is 1.03 bits per heavy atom. The van der Waals surface area contributed by atoms with Gasteiger partial charge in [-0.25, -0.2) is 0 Å². The number of ketones is 1. The molecule has 1 heterocycles. The molecule has 0 amide bonds. The third-order valence-corrected chi connectivity index (χ3v) is 6.47. The molecule has 1 saturated carbocycles. The second-order valence-corrected chi connectivity index (χ2v) is 9.05. The zero-order valence-electron chi connectivity index (χ0n) is 17.6. The fourth-order valence-electron chi connectivity index (χ4n) is 3.86. The number of nitrogens with one attached hydrogen (secondary N) is 1. The van der Waals surface area contributed by atoms with Gasteiger partial charge in [0.2, 0.25) is 0 Å². The predicted octanol–water partition coefficient (Wildman–Crippen LogP) is 6.71. The number of carbonyl (C=O) groups excluding carboxylic acids is 1. The monoisotopic (exact) mass is 477 g/mol. The zero-order valence-corrected chi connectivity index (χ0v) is 19.1. The lowest BCUT2D eigenvalue weighted by molar-refractivity contribution is 0.0968. The van der Waals surface area contributed by atoms with Gasteiger partial charge in [-0.05, 0) is 65.9 Å². The number of fused-ring (bicyclic) bond motifs is 1. The summed E-state index contributed by atoms with van der Waals surface area (Å²) in [5, 5.41) is 14.5. The summed E-state index contributed by atoms with van der Waals surface area (Å²) in [6.45, 7) is 0.463. The molecule has 0 bridgehead atoms. The Morgan fingerprint density at radius 2 is 1.73 bits per heavy atom. The summed E-state index contributed by atoms with van der Waals surface area (Å²) in [4.78, 5) is 17.6. The molecule has 0 radical (unpaired) electrons. The van der Waals surface area contributed by atoms with Crippen molar-refractivity contribution in [2.45, 2.75) is 19.4 Å². The Bertz CT molecular complexity index is 1360. The van der Waals surface area contributed by atoms with Crippen LogP contribution in [0.5, 0.6) is 5.75 Å². The highest BCUT2D eigenvalue weighted by Crippen LogP contribution is 2.40. The normalized spacial score (nSPS) is 13.3. The van der Waals surface area contributed by atoms with Crippen molar-refractivity contribution in [3.05, 3.63) is 82.0 Å². The fourth-order valence-corrected chi connectivity index (χ4v) is 4.35. The first-order chi connectivity index (χ1) is 15.9. The topological polar surface area (TPSA) is 88.2 Å². The maximum Gasteiger partial charge on any atom is 0.169 e. The van der Waals surface area contributed by atoms with E-state index in [0.717, 1.165) is 51.8 Å². The van der Waals surface area contributed by atoms with Gasteiger partial charge in [0.15, 0.2) is 11.5 Å². The van der Waals surface area contributed by atoms with Crippen LogP contribution in [0.25, 0.3) is 22.0 Å². The van der Waals surface area contributed by atoms with Crippen LogP contribution >= 0.6 is 23.2 Å². The third kappa shape index (κ3) is 4.27. The first-order valence-corrected chi connectivity index (χ1v) is 11.4. The average molecular weight is 478 g/mol. The zero-order chi connectivity index (χ0) is 23.1. The van der Waals surface area contributed by atoms with Crippen LogP contribution in [0, 0.1) is 5.92 Å². The summed E-state index contributed by atoms with van der Waals surface area (Å²) in [5.41, 5.74) is 11.2. The van der Waals surface area contributed by atoms with E-state index in [1.54, 1.807) is 18.3 Å². The number of nitrogens with zero attached hydrogens (tertiary/aromatic N) is 1. The average Bonchev–Trinajstić information content (AvgIpc) is 3.68. The molecule has 33 heavy (non-hydrogen) atoms. The molecule has 0 saturated heterocycles. The van der Waals surface area contributed by atoms with Crippen molar-refractivity contribution in [2.24, 2.45) is 11.7 Å². The van der Waals surface area contributed by atoms with Crippen LogP contribution in [0.15, 0.2) is 60.8 Å². The number of anilines is 2. The minimum absolute atomic E-state index is 0.0577. The first kappa shape index (κ1) is 21.7. The highest BCUT2D eigenvalue weighted by Gasteiger charge is 2.32. The second kappa shape index (κ2) is 8.67. The maximum atomic E-state index is 13.1. The van der Waals surface area contributed by atoms with Crippen LogP contribution in [-0.4, -0.2) is 15.9 Å². The van der Waals surface area contributed by atoms with Gasteiger partial charge in [-0.3, -0.25) is 9.78 Å². The van der Waals surface area contributed by atoms with Crippen molar-refractivity contribution in [3.8, 4) is 16.9 Å².